The third-order valence-corrected chi connectivity index (χ3v) is 4.79. The Morgan fingerprint density at radius 1 is 1.00 bits per heavy atom. The lowest BCUT2D eigenvalue weighted by Crippen LogP contribution is -1.95. The minimum atomic E-state index is 1.29. The summed E-state index contributed by atoms with van der Waals surface area (Å²) in [6.07, 6.45) is 0. The van der Waals surface area contributed by atoms with Crippen LogP contribution in [-0.4, -0.2) is 4.57 Å². The molecule has 0 N–H and O–H groups in total. The van der Waals surface area contributed by atoms with E-state index in [1.54, 1.807) is 0 Å². The van der Waals surface area contributed by atoms with Crippen molar-refractivity contribution in [1.82, 2.24) is 4.57 Å². The number of rotatable bonds is 1. The summed E-state index contributed by atoms with van der Waals surface area (Å²) >= 11 is 2.47. The van der Waals surface area contributed by atoms with Crippen molar-refractivity contribution in [2.75, 3.05) is 0 Å². The number of aryl methyl sites for hydroxylation is 3. The van der Waals surface area contributed by atoms with Crippen molar-refractivity contribution < 1.29 is 0 Å². The maximum absolute atomic E-state index is 2.47. The number of nitrogens with zero attached hydrogens (tertiary/aromatic N) is 1. The van der Waals surface area contributed by atoms with Crippen LogP contribution in [0.5, 0.6) is 0 Å². The monoisotopic (exact) mass is 361 g/mol. The molecule has 0 spiro atoms. The molecule has 0 aliphatic rings. The van der Waals surface area contributed by atoms with Crippen LogP contribution in [-0.2, 0) is 7.05 Å². The lowest BCUT2D eigenvalue weighted by Gasteiger charge is -2.10. The van der Waals surface area contributed by atoms with E-state index >= 15 is 0 Å². The standard InChI is InChI=1S/C17H16IN/c1-11-8-9-12(2)14(10-11)17-16(18)13-6-4-5-7-15(13)19(17)3/h4-10H,1-3H3. The van der Waals surface area contributed by atoms with Gasteiger partial charge in [0.1, 0.15) is 0 Å². The van der Waals surface area contributed by atoms with E-state index in [1.165, 1.54) is 36.9 Å². The molecule has 0 radical (unpaired) electrons. The smallest absolute Gasteiger partial charge is 0.0627 e. The second kappa shape index (κ2) is 4.67. The normalized spacial score (nSPS) is 11.2. The zero-order valence-corrected chi connectivity index (χ0v) is 13.5. The minimum absolute atomic E-state index is 1.29. The third kappa shape index (κ3) is 1.98. The average molecular weight is 361 g/mol. The van der Waals surface area contributed by atoms with Crippen molar-refractivity contribution in [2.24, 2.45) is 7.05 Å². The summed E-state index contributed by atoms with van der Waals surface area (Å²) in [5, 5.41) is 1.33. The predicted octanol–water partition coefficient (Wildman–Crippen LogP) is 5.07. The first kappa shape index (κ1) is 12.7. The molecule has 1 nitrogen and oxygen atoms in total. The number of para-hydroxylation sites is 1. The third-order valence-electron chi connectivity index (χ3n) is 3.69. The minimum Gasteiger partial charge on any atom is -0.343 e. The molecule has 3 aromatic rings. The van der Waals surface area contributed by atoms with Crippen LogP contribution >= 0.6 is 22.6 Å². The van der Waals surface area contributed by atoms with Gasteiger partial charge in [0.2, 0.25) is 0 Å². The van der Waals surface area contributed by atoms with E-state index in [1.807, 2.05) is 0 Å². The SMILES string of the molecule is Cc1ccc(C)c(-c2c(I)c3ccccc3n2C)c1. The van der Waals surface area contributed by atoms with Gasteiger partial charge in [-0.2, -0.15) is 0 Å². The molecule has 0 aliphatic heterocycles. The van der Waals surface area contributed by atoms with Gasteiger partial charge >= 0.3 is 0 Å². The van der Waals surface area contributed by atoms with Gasteiger partial charge < -0.3 is 4.57 Å². The van der Waals surface area contributed by atoms with Gasteiger partial charge in [0, 0.05) is 27.1 Å². The molecule has 0 amide bonds. The van der Waals surface area contributed by atoms with Gasteiger partial charge in [-0.05, 0) is 54.1 Å². The quantitative estimate of drug-likeness (QED) is 0.534. The molecule has 0 bridgehead atoms. The second-order valence-corrected chi connectivity index (χ2v) is 6.14. The first-order chi connectivity index (χ1) is 9.09. The van der Waals surface area contributed by atoms with Crippen molar-refractivity contribution in [3.63, 3.8) is 0 Å². The van der Waals surface area contributed by atoms with Crippen molar-refractivity contribution in [3.05, 3.63) is 57.2 Å². The Balaban J connectivity index is 2.40. The molecule has 0 saturated carbocycles. The van der Waals surface area contributed by atoms with Gasteiger partial charge in [-0.3, -0.25) is 0 Å². The number of halogens is 1. The summed E-state index contributed by atoms with van der Waals surface area (Å²) < 4.78 is 3.64. The summed E-state index contributed by atoms with van der Waals surface area (Å²) in [6.45, 7) is 4.33. The summed E-state index contributed by atoms with van der Waals surface area (Å²) in [5.74, 6) is 0. The van der Waals surface area contributed by atoms with E-state index in [2.05, 4.69) is 90.5 Å². The highest BCUT2D eigenvalue weighted by Gasteiger charge is 2.15. The average Bonchev–Trinajstić information content (AvgIpc) is 2.66. The van der Waals surface area contributed by atoms with Crippen molar-refractivity contribution >= 4 is 33.5 Å². The fraction of sp³-hybridized carbons (Fsp3) is 0.176. The summed E-state index contributed by atoms with van der Waals surface area (Å²) in [5.41, 5.74) is 6.59. The second-order valence-electron chi connectivity index (χ2n) is 5.06. The van der Waals surface area contributed by atoms with Crippen molar-refractivity contribution in [2.45, 2.75) is 13.8 Å². The van der Waals surface area contributed by atoms with Crippen molar-refractivity contribution in [3.8, 4) is 11.3 Å². The van der Waals surface area contributed by atoms with Crippen LogP contribution < -0.4 is 0 Å². The molecule has 0 unspecified atom stereocenters. The number of fused-ring (bicyclic) bond motifs is 1. The van der Waals surface area contributed by atoms with Crippen LogP contribution in [0.2, 0.25) is 0 Å². The van der Waals surface area contributed by atoms with E-state index in [9.17, 15) is 0 Å². The van der Waals surface area contributed by atoms with Gasteiger partial charge in [0.25, 0.3) is 0 Å². The molecule has 3 rings (SSSR count). The molecule has 96 valence electrons. The molecule has 0 atom stereocenters. The molecule has 2 aromatic carbocycles. The highest BCUT2D eigenvalue weighted by atomic mass is 127. The topological polar surface area (TPSA) is 4.93 Å². The summed E-state index contributed by atoms with van der Waals surface area (Å²) in [6, 6.07) is 15.3. The molecule has 2 heteroatoms. The molecule has 0 fully saturated rings. The Morgan fingerprint density at radius 2 is 1.74 bits per heavy atom. The van der Waals surface area contributed by atoms with E-state index in [0.29, 0.717) is 0 Å². The van der Waals surface area contributed by atoms with Crippen LogP contribution in [0.25, 0.3) is 22.2 Å². The first-order valence-corrected chi connectivity index (χ1v) is 7.48. The number of hydrogen-bond donors (Lipinski definition) is 0. The highest BCUT2D eigenvalue weighted by Crippen LogP contribution is 2.35. The lowest BCUT2D eigenvalue weighted by molar-refractivity contribution is 0.973. The Bertz CT molecular complexity index is 729. The van der Waals surface area contributed by atoms with Gasteiger partial charge in [0.05, 0.1) is 5.69 Å². The fourth-order valence-corrected chi connectivity index (χ4v) is 3.75. The number of hydrogen-bond acceptors (Lipinski definition) is 0. The lowest BCUT2D eigenvalue weighted by atomic mass is 10.0. The summed E-state index contributed by atoms with van der Waals surface area (Å²) in [4.78, 5) is 0. The Hall–Kier alpha value is -1.29. The van der Waals surface area contributed by atoms with Gasteiger partial charge in [-0.25, -0.2) is 0 Å². The molecular formula is C17H16IN. The number of benzene rings is 2. The molecule has 19 heavy (non-hydrogen) atoms. The van der Waals surface area contributed by atoms with E-state index in [0.717, 1.165) is 0 Å². The Kier molecular flexibility index (Phi) is 3.13. The fourth-order valence-electron chi connectivity index (χ4n) is 2.64. The van der Waals surface area contributed by atoms with Crippen LogP contribution in [0.3, 0.4) is 0 Å². The number of aromatic nitrogens is 1. The first-order valence-electron chi connectivity index (χ1n) is 6.40. The molecule has 1 aromatic heterocycles. The largest absolute Gasteiger partial charge is 0.343 e. The van der Waals surface area contributed by atoms with Crippen LogP contribution in [0, 0.1) is 17.4 Å². The maximum Gasteiger partial charge on any atom is 0.0627 e. The molecule has 1 heterocycles. The summed E-state index contributed by atoms with van der Waals surface area (Å²) in [7, 11) is 2.15. The van der Waals surface area contributed by atoms with E-state index in [4.69, 9.17) is 0 Å². The van der Waals surface area contributed by atoms with Gasteiger partial charge in [-0.15, -0.1) is 0 Å². The molecular weight excluding hydrogens is 345 g/mol. The van der Waals surface area contributed by atoms with Crippen LogP contribution in [0.15, 0.2) is 42.5 Å². The van der Waals surface area contributed by atoms with E-state index < -0.39 is 0 Å². The Labute approximate surface area is 127 Å². The van der Waals surface area contributed by atoms with Crippen molar-refractivity contribution in [1.29, 1.82) is 0 Å². The zero-order valence-electron chi connectivity index (χ0n) is 11.4. The highest BCUT2D eigenvalue weighted by molar-refractivity contribution is 14.1. The molecule has 0 saturated heterocycles. The van der Waals surface area contributed by atoms with E-state index in [-0.39, 0.29) is 0 Å². The van der Waals surface area contributed by atoms with Gasteiger partial charge in [-0.1, -0.05) is 35.9 Å². The van der Waals surface area contributed by atoms with Crippen LogP contribution in [0.1, 0.15) is 11.1 Å². The maximum atomic E-state index is 2.47. The molecule has 0 aliphatic carbocycles. The zero-order chi connectivity index (χ0) is 13.6. The predicted molar refractivity (Wildman–Crippen MR) is 90.5 cm³/mol. The Morgan fingerprint density at radius 3 is 2.47 bits per heavy atom. The van der Waals surface area contributed by atoms with Gasteiger partial charge in [0.15, 0.2) is 0 Å². The van der Waals surface area contributed by atoms with Crippen LogP contribution in [0.4, 0.5) is 0 Å².